The number of aromatic nitrogens is 1. The summed E-state index contributed by atoms with van der Waals surface area (Å²) in [5, 5.41) is 50.5. The number of carbonyl (C=O) groups is 3. The lowest BCUT2D eigenvalue weighted by molar-refractivity contribution is -0.149. The van der Waals surface area contributed by atoms with E-state index in [1.807, 2.05) is 0 Å². The molecule has 18 heteroatoms. The number of methoxy groups -OCH3 is 1. The maximum atomic E-state index is 12.5. The molecule has 0 spiro atoms. The summed E-state index contributed by atoms with van der Waals surface area (Å²) >= 11 is 7.97. The van der Waals surface area contributed by atoms with E-state index in [4.69, 9.17) is 19.7 Å². The van der Waals surface area contributed by atoms with E-state index in [-0.39, 0.29) is 30.1 Å². The number of fused-ring (bicyclic) bond motifs is 3. The third-order valence-electron chi connectivity index (χ3n) is 18.9. The largest absolute Gasteiger partial charge is 0.469 e. The van der Waals surface area contributed by atoms with Gasteiger partial charge in [-0.15, -0.1) is 34.0 Å². The number of aliphatic hydroxyl groups excluding tert-OH is 3. The zero-order valence-electron chi connectivity index (χ0n) is 57.5. The average Bonchev–Trinajstić information content (AvgIpc) is 1.56. The van der Waals surface area contributed by atoms with Crippen LogP contribution in [-0.2, 0) is 96.2 Å². The lowest BCUT2D eigenvalue weighted by atomic mass is 9.86. The molecule has 3 aliphatic carbocycles. The molecule has 9 unspecified atom stereocenters. The third-order valence-corrected chi connectivity index (χ3v) is 22.1. The number of aldehydes is 1. The SMILES string of the molecule is CCCc1ccsc1CC(C(=O)OC)C(O)CNC1CCCc2ccc(CC)cc21.CCCc1ccsc1CC(C(N)=O)C(O)CNC1CCCc2ccc(CC)cc21.CCCc1ccsc1CC(c1ncco1)C(O)CNC1CCCc2ccc(CC)cc21.N.O=CCBr. The highest BCUT2D eigenvalue weighted by molar-refractivity contribution is 9.09. The lowest BCUT2D eigenvalue weighted by Crippen LogP contribution is -2.42. The van der Waals surface area contributed by atoms with Crippen LogP contribution in [0.3, 0.4) is 0 Å². The van der Waals surface area contributed by atoms with Crippen molar-refractivity contribution in [3.05, 3.63) is 189 Å². The number of benzene rings is 3. The van der Waals surface area contributed by atoms with Gasteiger partial charge in [-0.25, -0.2) is 4.98 Å². The summed E-state index contributed by atoms with van der Waals surface area (Å²) in [6.45, 7) is 14.4. The number of amides is 1. The maximum Gasteiger partial charge on any atom is 0.311 e. The van der Waals surface area contributed by atoms with Gasteiger partial charge in [0, 0.05) is 52.4 Å². The molecule has 4 heterocycles. The summed E-state index contributed by atoms with van der Waals surface area (Å²) in [4.78, 5) is 41.8. The van der Waals surface area contributed by atoms with Gasteiger partial charge in [0.1, 0.15) is 12.5 Å². The second-order valence-corrected chi connectivity index (χ2v) is 29.0. The van der Waals surface area contributed by atoms with Crippen LogP contribution in [0.15, 0.2) is 106 Å². The fraction of sp³-hybridized carbons (Fsp3) is 0.532. The predicted octanol–water partition coefficient (Wildman–Crippen LogP) is 14.9. The number of rotatable bonds is 31. The quantitative estimate of drug-likeness (QED) is 0.0115. The summed E-state index contributed by atoms with van der Waals surface area (Å²) < 4.78 is 10.7. The highest BCUT2D eigenvalue weighted by Crippen LogP contribution is 2.36. The van der Waals surface area contributed by atoms with Crippen LogP contribution in [0.4, 0.5) is 0 Å². The van der Waals surface area contributed by atoms with E-state index in [2.05, 4.69) is 167 Å². The molecule has 1 amide bonds. The minimum absolute atomic E-state index is 0. The Morgan fingerprint density at radius 1 is 0.611 bits per heavy atom. The van der Waals surface area contributed by atoms with Gasteiger partial charge in [0.2, 0.25) is 5.91 Å². The molecule has 7 aromatic rings. The number of aliphatic hydroxyl groups is 3. The fourth-order valence-electron chi connectivity index (χ4n) is 13.5. The summed E-state index contributed by atoms with van der Waals surface area (Å²) in [7, 11) is 1.40. The number of hydrogen-bond acceptors (Lipinski definition) is 16. The molecule has 10 rings (SSSR count). The molecular formula is C77H109BrN6O8S3. The Morgan fingerprint density at radius 3 is 1.34 bits per heavy atom. The molecule has 3 aliphatic rings. The van der Waals surface area contributed by atoms with Gasteiger partial charge in [0.15, 0.2) is 5.89 Å². The van der Waals surface area contributed by atoms with Crippen LogP contribution in [0.2, 0.25) is 0 Å². The fourth-order valence-corrected chi connectivity index (χ4v) is 16.5. The van der Waals surface area contributed by atoms with Gasteiger partial charge in [0.05, 0.1) is 54.7 Å². The topological polar surface area (TPSA) is 244 Å². The first kappa shape index (κ1) is 78.8. The van der Waals surface area contributed by atoms with Crippen LogP contribution in [-0.4, -0.2) is 88.9 Å². The maximum absolute atomic E-state index is 12.5. The van der Waals surface area contributed by atoms with Crippen molar-refractivity contribution in [1.82, 2.24) is 27.1 Å². The highest BCUT2D eigenvalue weighted by atomic mass is 79.9. The van der Waals surface area contributed by atoms with E-state index in [1.165, 1.54) is 94.9 Å². The highest BCUT2D eigenvalue weighted by Gasteiger charge is 2.33. The molecule has 520 valence electrons. The number of esters is 1. The number of thiophene rings is 3. The Hall–Kier alpha value is -5.22. The Kier molecular flexibility index (Phi) is 34.7. The van der Waals surface area contributed by atoms with Crippen molar-refractivity contribution in [2.75, 3.05) is 32.1 Å². The molecule has 0 saturated carbocycles. The van der Waals surface area contributed by atoms with E-state index >= 15 is 0 Å². The van der Waals surface area contributed by atoms with E-state index < -0.39 is 36.1 Å². The molecule has 0 radical (unpaired) electrons. The van der Waals surface area contributed by atoms with Crippen molar-refractivity contribution < 1.29 is 38.9 Å². The number of hydrogen-bond donors (Lipinski definition) is 8. The number of ether oxygens (including phenoxy) is 1. The second-order valence-electron chi connectivity index (χ2n) is 25.3. The van der Waals surface area contributed by atoms with Gasteiger partial charge >= 0.3 is 5.97 Å². The van der Waals surface area contributed by atoms with Crippen LogP contribution in [0.1, 0.15) is 211 Å². The summed E-state index contributed by atoms with van der Waals surface area (Å²) in [6.07, 6.45) is 23.2. The monoisotopic (exact) mass is 1420 g/mol. The van der Waals surface area contributed by atoms with Gasteiger partial charge in [-0.2, -0.15) is 0 Å². The molecule has 95 heavy (non-hydrogen) atoms. The smallest absolute Gasteiger partial charge is 0.311 e. The zero-order chi connectivity index (χ0) is 67.4. The van der Waals surface area contributed by atoms with Crippen LogP contribution in [0.25, 0.3) is 0 Å². The first-order chi connectivity index (χ1) is 45.7. The van der Waals surface area contributed by atoms with E-state index in [9.17, 15) is 24.9 Å². The van der Waals surface area contributed by atoms with Gasteiger partial charge in [-0.3, -0.25) is 9.59 Å². The zero-order valence-corrected chi connectivity index (χ0v) is 61.5. The van der Waals surface area contributed by atoms with Crippen molar-refractivity contribution in [3.8, 4) is 0 Å². The van der Waals surface area contributed by atoms with Crippen LogP contribution in [0.5, 0.6) is 0 Å². The molecule has 14 nitrogen and oxygen atoms in total. The van der Waals surface area contributed by atoms with Crippen LogP contribution >= 0.6 is 49.9 Å². The summed E-state index contributed by atoms with van der Waals surface area (Å²) in [5.74, 6) is -1.40. The molecule has 3 aromatic carbocycles. The third kappa shape index (κ3) is 23.2. The average molecular weight is 1420 g/mol. The summed E-state index contributed by atoms with van der Waals surface area (Å²) in [6, 6.07) is 27.7. The van der Waals surface area contributed by atoms with Crippen molar-refractivity contribution in [3.63, 3.8) is 0 Å². The normalized spacial score (nSPS) is 17.4. The molecule has 0 bridgehead atoms. The first-order valence-electron chi connectivity index (χ1n) is 34.7. The molecule has 0 saturated heterocycles. The van der Waals surface area contributed by atoms with Gasteiger partial charge < -0.3 is 57.1 Å². The van der Waals surface area contributed by atoms with E-state index in [1.54, 1.807) is 46.5 Å². The number of oxazole rings is 1. The van der Waals surface area contributed by atoms with E-state index in [0.29, 0.717) is 49.7 Å². The summed E-state index contributed by atoms with van der Waals surface area (Å²) in [5.41, 5.74) is 22.0. The number of nitrogens with zero attached hydrogens (tertiary/aromatic N) is 1. The molecule has 4 aromatic heterocycles. The minimum atomic E-state index is -0.788. The minimum Gasteiger partial charge on any atom is -0.469 e. The Labute approximate surface area is 587 Å². The van der Waals surface area contributed by atoms with Crippen molar-refractivity contribution >= 4 is 68.1 Å². The first-order valence-corrected chi connectivity index (χ1v) is 38.5. The molecular weight excluding hydrogens is 1310 g/mol. The molecule has 0 aliphatic heterocycles. The van der Waals surface area contributed by atoms with Gasteiger partial charge in [-0.1, -0.05) is 131 Å². The van der Waals surface area contributed by atoms with Crippen molar-refractivity contribution in [2.45, 2.75) is 219 Å². The lowest BCUT2D eigenvalue weighted by Gasteiger charge is -2.29. The number of carbonyl (C=O) groups excluding carboxylic acids is 3. The molecule has 11 N–H and O–H groups in total. The van der Waals surface area contributed by atoms with Crippen molar-refractivity contribution in [2.24, 2.45) is 17.6 Å². The number of primary amides is 1. The Morgan fingerprint density at radius 2 is 0.989 bits per heavy atom. The second kappa shape index (κ2) is 41.9. The molecule has 0 fully saturated rings. The Bertz CT molecular complexity index is 3370. The van der Waals surface area contributed by atoms with Crippen molar-refractivity contribution in [1.29, 1.82) is 0 Å². The number of nitrogens with two attached hydrogens (primary N) is 1. The van der Waals surface area contributed by atoms with Gasteiger partial charge in [-0.05, 0) is 217 Å². The number of nitrogens with one attached hydrogen (secondary N) is 3. The standard InChI is InChI=1S/C26H34N2O2S.C25H35NO3S.C24H34N2O2S.C2H3BrO.H3N/c1-3-6-20-11-14-31-25(20)16-22(26-27-12-13-30-26)24(29)17-28-23-8-5-7-19-10-9-18(4-2)15-21(19)23;1-4-7-19-12-13-30-24(19)15-21(25(28)29-3)23(27)16-26-22-9-6-8-18-11-10-17(5-2)14-20(18)22;1-3-6-18-11-12-29-23(18)14-20(24(25)28)22(27)15-26-21-8-5-7-17-10-9-16(4-2)13-19(17)21;3-1-2-4;/h9-15,22-24,28-29H,3-8,16-17H2,1-2H3;10-14,21-23,26-27H,4-9,15-16H2,1-3H3;9-13,20-22,26-27H,3-8,14-15H2,1-2H3,(H2,25,28);2H,1H2;1H3. The van der Waals surface area contributed by atoms with Crippen LogP contribution < -0.4 is 27.8 Å². The number of aryl methyl sites for hydroxylation is 9. The predicted molar refractivity (Wildman–Crippen MR) is 395 cm³/mol. The molecule has 9 atom stereocenters. The van der Waals surface area contributed by atoms with Gasteiger partial charge in [0.25, 0.3) is 0 Å². The number of alkyl halides is 1. The number of halogens is 1. The van der Waals surface area contributed by atoms with E-state index in [0.717, 1.165) is 122 Å². The Balaban J connectivity index is 0.000000218. The van der Waals surface area contributed by atoms with Crippen LogP contribution in [0, 0.1) is 11.8 Å².